The van der Waals surface area contributed by atoms with Crippen molar-refractivity contribution in [1.29, 1.82) is 0 Å². The highest BCUT2D eigenvalue weighted by molar-refractivity contribution is 8.07. The van der Waals surface area contributed by atoms with E-state index in [0.29, 0.717) is 25.3 Å². The Labute approximate surface area is 135 Å². The molecule has 2 aromatic carbocycles. The maximum Gasteiger partial charge on any atom is 0.348 e. The molecule has 1 aliphatic rings. The Bertz CT molecular complexity index is 845. The number of fused-ring (bicyclic) bond motifs is 1. The van der Waals surface area contributed by atoms with Crippen molar-refractivity contribution in [1.82, 2.24) is 0 Å². The van der Waals surface area contributed by atoms with Crippen molar-refractivity contribution >= 4 is 20.8 Å². The number of ether oxygens (including phenoxy) is 1. The van der Waals surface area contributed by atoms with Crippen molar-refractivity contribution in [3.63, 3.8) is 0 Å². The van der Waals surface area contributed by atoms with Gasteiger partial charge < -0.3 is 4.74 Å². The van der Waals surface area contributed by atoms with Gasteiger partial charge in [0.1, 0.15) is 10.6 Å². The van der Waals surface area contributed by atoms with Crippen molar-refractivity contribution in [3.05, 3.63) is 54.1 Å². The van der Waals surface area contributed by atoms with Crippen LogP contribution in [-0.4, -0.2) is 26.8 Å². The molecule has 0 N–H and O–H groups in total. The number of carbonyl (C=O) groups excluding carboxylic acids is 1. The monoisotopic (exact) mass is 331 g/mol. The number of hydrogen-bond donors (Lipinski definition) is 0. The van der Waals surface area contributed by atoms with Gasteiger partial charge in [0.15, 0.2) is 0 Å². The Morgan fingerprint density at radius 3 is 2.65 bits per heavy atom. The van der Waals surface area contributed by atoms with Crippen LogP contribution in [0.5, 0.6) is 5.75 Å². The number of amides is 1. The summed E-state index contributed by atoms with van der Waals surface area (Å²) in [6.45, 7) is 2.70. The summed E-state index contributed by atoms with van der Waals surface area (Å²) in [6, 6.07) is 14.2. The van der Waals surface area contributed by atoms with Crippen LogP contribution in [0, 0.1) is 6.92 Å². The molecule has 0 aromatic heterocycles. The van der Waals surface area contributed by atoms with Crippen LogP contribution in [-0.2, 0) is 9.84 Å². The minimum atomic E-state index is -3.88. The SMILES string of the molecule is Cc1cccc(OCCCN2C(=O)S(=O)(=O)c3ccccc32)c1. The third kappa shape index (κ3) is 2.94. The van der Waals surface area contributed by atoms with Crippen LogP contribution in [0.2, 0.25) is 0 Å². The first-order valence-electron chi connectivity index (χ1n) is 7.35. The number of hydrogen-bond acceptors (Lipinski definition) is 4. The van der Waals surface area contributed by atoms with E-state index >= 15 is 0 Å². The van der Waals surface area contributed by atoms with Gasteiger partial charge in [-0.25, -0.2) is 8.42 Å². The van der Waals surface area contributed by atoms with E-state index in [2.05, 4.69) is 0 Å². The Balaban J connectivity index is 1.64. The van der Waals surface area contributed by atoms with Gasteiger partial charge in [0, 0.05) is 6.54 Å². The minimum absolute atomic E-state index is 0.0876. The number of benzene rings is 2. The number of anilines is 1. The summed E-state index contributed by atoms with van der Waals surface area (Å²) < 4.78 is 29.8. The van der Waals surface area contributed by atoms with Crippen LogP contribution in [0.3, 0.4) is 0 Å². The number of carbonyl (C=O) groups is 1. The third-order valence-corrected chi connectivity index (χ3v) is 5.28. The molecule has 6 heteroatoms. The molecule has 0 atom stereocenters. The minimum Gasteiger partial charge on any atom is -0.494 e. The zero-order valence-corrected chi connectivity index (χ0v) is 13.5. The van der Waals surface area contributed by atoms with E-state index < -0.39 is 15.1 Å². The maximum atomic E-state index is 12.1. The van der Waals surface area contributed by atoms with Gasteiger partial charge in [0.25, 0.3) is 9.84 Å². The number of nitrogens with zero attached hydrogens (tertiary/aromatic N) is 1. The van der Waals surface area contributed by atoms with Crippen LogP contribution >= 0.6 is 0 Å². The van der Waals surface area contributed by atoms with Gasteiger partial charge in [-0.15, -0.1) is 0 Å². The van der Waals surface area contributed by atoms with E-state index in [0.717, 1.165) is 11.3 Å². The van der Waals surface area contributed by atoms with Crippen LogP contribution in [0.1, 0.15) is 12.0 Å². The smallest absolute Gasteiger partial charge is 0.348 e. The summed E-state index contributed by atoms with van der Waals surface area (Å²) in [5.74, 6) is 0.769. The molecule has 0 spiro atoms. The molecule has 3 rings (SSSR count). The third-order valence-electron chi connectivity index (χ3n) is 3.68. The van der Waals surface area contributed by atoms with Gasteiger partial charge in [-0.2, -0.15) is 0 Å². The normalized spacial score (nSPS) is 15.5. The lowest BCUT2D eigenvalue weighted by Gasteiger charge is -2.15. The van der Waals surface area contributed by atoms with Crippen LogP contribution < -0.4 is 9.64 Å². The molecule has 1 heterocycles. The molecule has 0 saturated carbocycles. The zero-order chi connectivity index (χ0) is 16.4. The quantitative estimate of drug-likeness (QED) is 0.789. The fourth-order valence-corrected chi connectivity index (χ4v) is 3.95. The molecule has 5 nitrogen and oxygen atoms in total. The van der Waals surface area contributed by atoms with E-state index in [1.54, 1.807) is 18.2 Å². The first-order chi connectivity index (χ1) is 11.0. The lowest BCUT2D eigenvalue weighted by molar-refractivity contribution is 0.262. The lowest BCUT2D eigenvalue weighted by atomic mass is 10.2. The van der Waals surface area contributed by atoms with E-state index in [1.807, 2.05) is 31.2 Å². The molecular formula is C17H17NO4S. The van der Waals surface area contributed by atoms with E-state index in [4.69, 9.17) is 4.74 Å². The van der Waals surface area contributed by atoms with Crippen LogP contribution in [0.25, 0.3) is 0 Å². The van der Waals surface area contributed by atoms with Gasteiger partial charge in [-0.05, 0) is 43.2 Å². The molecular weight excluding hydrogens is 314 g/mol. The number of rotatable bonds is 5. The number of sulfone groups is 1. The molecule has 1 amide bonds. The topological polar surface area (TPSA) is 63.7 Å². The summed E-state index contributed by atoms with van der Waals surface area (Å²) in [6.07, 6.45) is 0.545. The molecule has 23 heavy (non-hydrogen) atoms. The van der Waals surface area contributed by atoms with Crippen molar-refractivity contribution in [2.24, 2.45) is 0 Å². The molecule has 1 aliphatic heterocycles. The summed E-state index contributed by atoms with van der Waals surface area (Å²) in [5, 5.41) is -0.853. The first-order valence-corrected chi connectivity index (χ1v) is 8.83. The van der Waals surface area contributed by atoms with Crippen molar-refractivity contribution in [2.45, 2.75) is 18.2 Å². The summed E-state index contributed by atoms with van der Waals surface area (Å²) in [7, 11) is -3.88. The fourth-order valence-electron chi connectivity index (χ4n) is 2.57. The molecule has 0 fully saturated rings. The average molecular weight is 331 g/mol. The van der Waals surface area contributed by atoms with Crippen LogP contribution in [0.4, 0.5) is 10.5 Å². The lowest BCUT2D eigenvalue weighted by Crippen LogP contribution is -2.30. The summed E-state index contributed by atoms with van der Waals surface area (Å²) in [5.41, 5.74) is 1.56. The molecule has 0 bridgehead atoms. The largest absolute Gasteiger partial charge is 0.494 e. The Hall–Kier alpha value is -2.34. The Morgan fingerprint density at radius 2 is 1.87 bits per heavy atom. The van der Waals surface area contributed by atoms with Crippen molar-refractivity contribution < 1.29 is 17.9 Å². The molecule has 2 aromatic rings. The standard InChI is InChI=1S/C17H17NO4S/c1-13-6-4-7-14(12-13)22-11-5-10-18-15-8-2-3-9-16(15)23(20,21)17(18)19/h2-4,6-9,12H,5,10-11H2,1H3. The van der Waals surface area contributed by atoms with Gasteiger partial charge in [-0.1, -0.05) is 24.3 Å². The maximum absolute atomic E-state index is 12.1. The van der Waals surface area contributed by atoms with Gasteiger partial charge in [0.2, 0.25) is 0 Å². The first kappa shape index (κ1) is 15.6. The molecule has 0 unspecified atom stereocenters. The van der Waals surface area contributed by atoms with E-state index in [1.165, 1.54) is 11.0 Å². The van der Waals surface area contributed by atoms with Gasteiger partial charge >= 0.3 is 5.24 Å². The zero-order valence-electron chi connectivity index (χ0n) is 12.7. The second kappa shape index (κ2) is 6.04. The van der Waals surface area contributed by atoms with Crippen molar-refractivity contribution in [3.8, 4) is 5.75 Å². The highest BCUT2D eigenvalue weighted by atomic mass is 32.2. The van der Waals surface area contributed by atoms with Gasteiger partial charge in [0.05, 0.1) is 12.3 Å². The number of aryl methyl sites for hydroxylation is 1. The predicted octanol–water partition coefficient (Wildman–Crippen LogP) is 3.18. The second-order valence-electron chi connectivity index (χ2n) is 5.41. The van der Waals surface area contributed by atoms with E-state index in [9.17, 15) is 13.2 Å². The molecule has 0 saturated heterocycles. The fraction of sp³-hybridized carbons (Fsp3) is 0.235. The highest BCUT2D eigenvalue weighted by Gasteiger charge is 2.41. The van der Waals surface area contributed by atoms with Gasteiger partial charge in [-0.3, -0.25) is 9.69 Å². The Kier molecular flexibility index (Phi) is 4.09. The average Bonchev–Trinajstić information content (AvgIpc) is 2.72. The van der Waals surface area contributed by atoms with Crippen molar-refractivity contribution in [2.75, 3.05) is 18.1 Å². The Morgan fingerprint density at radius 1 is 1.09 bits per heavy atom. The predicted molar refractivity (Wildman–Crippen MR) is 87.7 cm³/mol. The van der Waals surface area contributed by atoms with E-state index in [-0.39, 0.29) is 4.90 Å². The highest BCUT2D eigenvalue weighted by Crippen LogP contribution is 2.35. The molecule has 0 aliphatic carbocycles. The molecule has 0 radical (unpaired) electrons. The van der Waals surface area contributed by atoms with Crippen LogP contribution in [0.15, 0.2) is 53.4 Å². The number of para-hydroxylation sites is 1. The summed E-state index contributed by atoms with van der Waals surface area (Å²) in [4.78, 5) is 13.5. The molecule has 120 valence electrons. The summed E-state index contributed by atoms with van der Waals surface area (Å²) >= 11 is 0. The second-order valence-corrected chi connectivity index (χ2v) is 7.20.